The Morgan fingerprint density at radius 1 is 0.846 bits per heavy atom. The number of nitrogens with one attached hydrogen (secondary N) is 1. The van der Waals surface area contributed by atoms with E-state index < -0.39 is 5.92 Å². The molecule has 3 aromatic carbocycles. The number of amides is 2. The molecule has 5 rings (SSSR count). The number of hydrogen-bond donors (Lipinski definition) is 1. The third-order valence-corrected chi connectivity index (χ3v) is 6.78. The Labute approximate surface area is 228 Å². The molecule has 2 heterocycles. The second-order valence-corrected chi connectivity index (χ2v) is 9.69. The topological polar surface area (TPSA) is 97.3 Å². The number of ether oxygens (including phenoxy) is 1. The number of rotatable bonds is 10. The predicted octanol–water partition coefficient (Wildman–Crippen LogP) is 4.71. The van der Waals surface area contributed by atoms with Crippen molar-refractivity contribution in [3.05, 3.63) is 107 Å². The molecule has 0 saturated carbocycles. The summed E-state index contributed by atoms with van der Waals surface area (Å²) in [4.78, 5) is 41.2. The molecule has 0 radical (unpaired) electrons. The predicted molar refractivity (Wildman–Crippen MR) is 149 cm³/mol. The fourth-order valence-corrected chi connectivity index (χ4v) is 4.61. The van der Waals surface area contributed by atoms with Gasteiger partial charge in [0, 0.05) is 25.8 Å². The first-order valence-corrected chi connectivity index (χ1v) is 13.1. The normalized spacial score (nSPS) is 15.0. The molecule has 8 heteroatoms. The van der Waals surface area contributed by atoms with Crippen LogP contribution in [-0.4, -0.2) is 33.9 Å². The highest BCUT2D eigenvalue weighted by Gasteiger charge is 2.40. The van der Waals surface area contributed by atoms with Gasteiger partial charge in [0.15, 0.2) is 0 Å². The van der Waals surface area contributed by atoms with Gasteiger partial charge in [-0.2, -0.15) is 9.97 Å². The molecule has 1 N–H and O–H groups in total. The summed E-state index contributed by atoms with van der Waals surface area (Å²) in [6, 6.07) is 25.2. The average molecular weight is 522 g/mol. The summed E-state index contributed by atoms with van der Waals surface area (Å²) in [7, 11) is 1.64. The quantitative estimate of drug-likeness (QED) is 0.302. The molecule has 0 bridgehead atoms. The first-order chi connectivity index (χ1) is 19.0. The smallest absolute Gasteiger partial charge is 0.237 e. The first kappa shape index (κ1) is 26.0. The Hall–Kier alpha value is -4.59. The van der Waals surface area contributed by atoms with Crippen LogP contribution in [0.3, 0.4) is 0 Å². The van der Waals surface area contributed by atoms with Crippen molar-refractivity contribution in [2.75, 3.05) is 17.3 Å². The lowest BCUT2D eigenvalue weighted by Gasteiger charge is -2.15. The number of anilines is 2. The molecule has 1 fully saturated rings. The van der Waals surface area contributed by atoms with Gasteiger partial charge in [0.2, 0.25) is 17.8 Å². The molecule has 39 heavy (non-hydrogen) atoms. The minimum absolute atomic E-state index is 0.132. The van der Waals surface area contributed by atoms with E-state index in [1.54, 1.807) is 19.2 Å². The number of carbonyl (C=O) groups is 2. The van der Waals surface area contributed by atoms with Gasteiger partial charge in [-0.05, 0) is 48.7 Å². The number of benzene rings is 3. The summed E-state index contributed by atoms with van der Waals surface area (Å²) >= 11 is 0. The zero-order chi connectivity index (χ0) is 27.2. The van der Waals surface area contributed by atoms with E-state index in [-0.39, 0.29) is 24.7 Å². The van der Waals surface area contributed by atoms with Crippen LogP contribution in [0.25, 0.3) is 0 Å². The van der Waals surface area contributed by atoms with Crippen molar-refractivity contribution in [3.63, 3.8) is 0 Å². The Kier molecular flexibility index (Phi) is 7.91. The van der Waals surface area contributed by atoms with Gasteiger partial charge in [-0.15, -0.1) is 0 Å². The minimum Gasteiger partial charge on any atom is -0.497 e. The maximum Gasteiger partial charge on any atom is 0.237 e. The van der Waals surface area contributed by atoms with Crippen molar-refractivity contribution in [2.45, 2.75) is 39.2 Å². The lowest BCUT2D eigenvalue weighted by Crippen LogP contribution is -2.31. The molecular formula is C31H31N5O3. The van der Waals surface area contributed by atoms with Crippen molar-refractivity contribution in [1.82, 2.24) is 15.0 Å². The Bertz CT molecular complexity index is 1440. The highest BCUT2D eigenvalue weighted by atomic mass is 16.5. The highest BCUT2D eigenvalue weighted by molar-refractivity contribution is 6.20. The molecule has 1 aliphatic rings. The van der Waals surface area contributed by atoms with Crippen molar-refractivity contribution in [3.8, 4) is 5.75 Å². The standard InChI is InChI=1S/C31H31N5O3/c1-21-8-10-22(11-9-21)14-17-27-33-28(35-31(34-27)32-20-23-12-15-26(39-2)16-13-23)18-24-19-29(37)36(30(24)38)25-6-4-3-5-7-25/h3-13,15-16,24H,14,17-20H2,1-2H3,(H,32,33,34,35). The van der Waals surface area contributed by atoms with Crippen LogP contribution in [-0.2, 0) is 35.4 Å². The molecule has 0 aliphatic carbocycles. The summed E-state index contributed by atoms with van der Waals surface area (Å²) in [5.41, 5.74) is 4.05. The van der Waals surface area contributed by atoms with E-state index in [4.69, 9.17) is 9.72 Å². The monoisotopic (exact) mass is 521 g/mol. The first-order valence-electron chi connectivity index (χ1n) is 13.1. The van der Waals surface area contributed by atoms with Crippen LogP contribution < -0.4 is 15.0 Å². The zero-order valence-electron chi connectivity index (χ0n) is 22.1. The second kappa shape index (κ2) is 11.9. The van der Waals surface area contributed by atoms with Crippen LogP contribution in [0.4, 0.5) is 11.6 Å². The summed E-state index contributed by atoms with van der Waals surface area (Å²) in [6.45, 7) is 2.59. The van der Waals surface area contributed by atoms with Gasteiger partial charge in [-0.1, -0.05) is 60.2 Å². The third kappa shape index (κ3) is 6.46. The number of methoxy groups -OCH3 is 1. The molecule has 198 valence electrons. The number of para-hydroxylation sites is 1. The summed E-state index contributed by atoms with van der Waals surface area (Å²) < 4.78 is 5.24. The molecule has 1 unspecified atom stereocenters. The highest BCUT2D eigenvalue weighted by Crippen LogP contribution is 2.28. The molecule has 1 aromatic heterocycles. The van der Waals surface area contributed by atoms with Crippen LogP contribution in [0.1, 0.15) is 34.8 Å². The number of aromatic nitrogens is 3. The van der Waals surface area contributed by atoms with Crippen LogP contribution in [0, 0.1) is 12.8 Å². The maximum atomic E-state index is 13.2. The molecule has 4 aromatic rings. The number of hydrogen-bond acceptors (Lipinski definition) is 7. The SMILES string of the molecule is COc1ccc(CNc2nc(CCc3ccc(C)cc3)nc(CC3CC(=O)N(c4ccccc4)C3=O)n2)cc1. The van der Waals surface area contributed by atoms with Crippen molar-refractivity contribution in [1.29, 1.82) is 0 Å². The van der Waals surface area contributed by atoms with E-state index in [1.165, 1.54) is 16.0 Å². The fraction of sp³-hybridized carbons (Fsp3) is 0.258. The maximum absolute atomic E-state index is 13.2. The van der Waals surface area contributed by atoms with Crippen molar-refractivity contribution >= 4 is 23.5 Å². The molecule has 1 aliphatic heterocycles. The lowest BCUT2D eigenvalue weighted by molar-refractivity contribution is -0.122. The van der Waals surface area contributed by atoms with E-state index in [0.29, 0.717) is 36.3 Å². The Morgan fingerprint density at radius 2 is 1.54 bits per heavy atom. The fourth-order valence-electron chi connectivity index (χ4n) is 4.61. The summed E-state index contributed by atoms with van der Waals surface area (Å²) in [5.74, 6) is 1.45. The van der Waals surface area contributed by atoms with Crippen LogP contribution in [0.2, 0.25) is 0 Å². The van der Waals surface area contributed by atoms with Crippen LogP contribution >= 0.6 is 0 Å². The molecular weight excluding hydrogens is 490 g/mol. The van der Waals surface area contributed by atoms with Gasteiger partial charge in [0.25, 0.3) is 0 Å². The van der Waals surface area contributed by atoms with Gasteiger partial charge in [-0.3, -0.25) is 14.5 Å². The Morgan fingerprint density at radius 3 is 2.26 bits per heavy atom. The summed E-state index contributed by atoms with van der Waals surface area (Å²) in [5, 5.41) is 3.30. The van der Waals surface area contributed by atoms with Gasteiger partial charge >= 0.3 is 0 Å². The minimum atomic E-state index is -0.514. The van der Waals surface area contributed by atoms with Gasteiger partial charge in [0.05, 0.1) is 18.7 Å². The number of nitrogens with zero attached hydrogens (tertiary/aromatic N) is 4. The van der Waals surface area contributed by atoms with E-state index in [0.717, 1.165) is 17.7 Å². The van der Waals surface area contributed by atoms with Crippen LogP contribution in [0.5, 0.6) is 5.75 Å². The van der Waals surface area contributed by atoms with Gasteiger partial charge < -0.3 is 10.1 Å². The van der Waals surface area contributed by atoms with E-state index in [2.05, 4.69) is 46.5 Å². The molecule has 8 nitrogen and oxygen atoms in total. The lowest BCUT2D eigenvalue weighted by atomic mass is 10.0. The molecule has 0 spiro atoms. The Balaban J connectivity index is 1.34. The average Bonchev–Trinajstić information content (AvgIpc) is 3.24. The van der Waals surface area contributed by atoms with Crippen molar-refractivity contribution in [2.24, 2.45) is 5.92 Å². The largest absolute Gasteiger partial charge is 0.497 e. The van der Waals surface area contributed by atoms with Crippen molar-refractivity contribution < 1.29 is 14.3 Å². The number of imide groups is 1. The number of carbonyl (C=O) groups excluding carboxylic acids is 2. The van der Waals surface area contributed by atoms with Gasteiger partial charge in [0.1, 0.15) is 17.4 Å². The van der Waals surface area contributed by atoms with E-state index >= 15 is 0 Å². The summed E-state index contributed by atoms with van der Waals surface area (Å²) in [6.07, 6.45) is 1.81. The second-order valence-electron chi connectivity index (χ2n) is 9.69. The van der Waals surface area contributed by atoms with E-state index in [9.17, 15) is 9.59 Å². The number of aryl methyl sites for hydroxylation is 3. The van der Waals surface area contributed by atoms with Crippen LogP contribution in [0.15, 0.2) is 78.9 Å². The molecule has 1 atom stereocenters. The molecule has 2 amide bonds. The third-order valence-electron chi connectivity index (χ3n) is 6.78. The van der Waals surface area contributed by atoms with E-state index in [1.807, 2.05) is 42.5 Å². The zero-order valence-corrected chi connectivity index (χ0v) is 22.1. The van der Waals surface area contributed by atoms with Gasteiger partial charge in [-0.25, -0.2) is 4.98 Å². The molecule has 1 saturated heterocycles.